The number of carbonyl (C=O) groups excluding carboxylic acids is 1. The minimum atomic E-state index is -1.29. The Balaban J connectivity index is 1.93. The number of nitrogens with one attached hydrogen (secondary N) is 2. The number of methoxy groups -OCH3 is 1. The maximum absolute atomic E-state index is 13.5. The van der Waals surface area contributed by atoms with Crippen LogP contribution in [0, 0.1) is 11.6 Å². The van der Waals surface area contributed by atoms with Gasteiger partial charge in [-0.1, -0.05) is 18.2 Å². The number of hydrogen-bond donors (Lipinski definition) is 3. The van der Waals surface area contributed by atoms with Crippen molar-refractivity contribution in [3.05, 3.63) is 59.7 Å². The Morgan fingerprint density at radius 2 is 2.00 bits per heavy atom. The van der Waals surface area contributed by atoms with E-state index < -0.39 is 23.8 Å². The van der Waals surface area contributed by atoms with Gasteiger partial charge in [-0.3, -0.25) is 0 Å². The SMILES string of the molecule is COc1ccccc1NC(=O)NC[C@H](O)c1ccc(F)cc1F. The quantitative estimate of drug-likeness (QED) is 0.793. The van der Waals surface area contributed by atoms with Crippen LogP contribution in [0.25, 0.3) is 0 Å². The van der Waals surface area contributed by atoms with Crippen molar-refractivity contribution in [3.8, 4) is 5.75 Å². The van der Waals surface area contributed by atoms with E-state index in [1.807, 2.05) is 0 Å². The van der Waals surface area contributed by atoms with Crippen molar-refractivity contribution in [2.75, 3.05) is 19.0 Å². The van der Waals surface area contributed by atoms with Crippen molar-refractivity contribution in [3.63, 3.8) is 0 Å². The summed E-state index contributed by atoms with van der Waals surface area (Å²) in [6, 6.07) is 9.06. The van der Waals surface area contributed by atoms with Crippen LogP contribution >= 0.6 is 0 Å². The van der Waals surface area contributed by atoms with E-state index in [0.29, 0.717) is 17.5 Å². The molecule has 5 nitrogen and oxygen atoms in total. The Kier molecular flexibility index (Phi) is 5.48. The molecule has 0 heterocycles. The third-order valence-electron chi connectivity index (χ3n) is 3.13. The normalized spacial score (nSPS) is 11.7. The van der Waals surface area contributed by atoms with E-state index in [2.05, 4.69) is 10.6 Å². The molecule has 0 bridgehead atoms. The molecular weight excluding hydrogens is 306 g/mol. The van der Waals surface area contributed by atoms with Crippen molar-refractivity contribution in [2.45, 2.75) is 6.10 Å². The zero-order chi connectivity index (χ0) is 16.8. The van der Waals surface area contributed by atoms with Gasteiger partial charge in [-0.05, 0) is 18.2 Å². The molecule has 0 saturated heterocycles. The molecule has 0 aliphatic carbocycles. The molecule has 0 fully saturated rings. The number of halogens is 2. The van der Waals surface area contributed by atoms with Crippen LogP contribution < -0.4 is 15.4 Å². The van der Waals surface area contributed by atoms with Crippen molar-refractivity contribution >= 4 is 11.7 Å². The second-order valence-corrected chi connectivity index (χ2v) is 4.72. The predicted molar refractivity (Wildman–Crippen MR) is 81.3 cm³/mol. The van der Waals surface area contributed by atoms with Crippen molar-refractivity contribution in [2.24, 2.45) is 0 Å². The zero-order valence-corrected chi connectivity index (χ0v) is 12.3. The molecule has 1 atom stereocenters. The van der Waals surface area contributed by atoms with Crippen molar-refractivity contribution in [1.29, 1.82) is 0 Å². The average molecular weight is 322 g/mol. The highest BCUT2D eigenvalue weighted by atomic mass is 19.1. The number of anilines is 1. The molecule has 0 saturated carbocycles. The standard InChI is InChI=1S/C16H16F2N2O3/c1-23-15-5-3-2-4-13(15)20-16(22)19-9-14(21)11-7-6-10(17)8-12(11)18/h2-8,14,21H,9H2,1H3,(H2,19,20,22)/t14-/m0/s1. The average Bonchev–Trinajstić information content (AvgIpc) is 2.53. The van der Waals surface area contributed by atoms with Gasteiger partial charge in [-0.15, -0.1) is 0 Å². The summed E-state index contributed by atoms with van der Waals surface area (Å²) in [7, 11) is 1.47. The van der Waals surface area contributed by atoms with Crippen LogP contribution in [0.4, 0.5) is 19.3 Å². The molecule has 2 rings (SSSR count). The molecular formula is C16H16F2N2O3. The van der Waals surface area contributed by atoms with E-state index >= 15 is 0 Å². The van der Waals surface area contributed by atoms with Gasteiger partial charge < -0.3 is 20.5 Å². The van der Waals surface area contributed by atoms with Crippen LogP contribution in [-0.4, -0.2) is 24.8 Å². The monoisotopic (exact) mass is 322 g/mol. The van der Waals surface area contributed by atoms with Gasteiger partial charge in [0.15, 0.2) is 0 Å². The van der Waals surface area contributed by atoms with E-state index in [9.17, 15) is 18.7 Å². The molecule has 122 valence electrons. The van der Waals surface area contributed by atoms with Crippen molar-refractivity contribution < 1.29 is 23.4 Å². The minimum Gasteiger partial charge on any atom is -0.495 e. The molecule has 0 radical (unpaired) electrons. The lowest BCUT2D eigenvalue weighted by atomic mass is 10.1. The van der Waals surface area contributed by atoms with Gasteiger partial charge in [0.25, 0.3) is 0 Å². The molecule has 0 aliphatic rings. The Morgan fingerprint density at radius 1 is 1.26 bits per heavy atom. The van der Waals surface area contributed by atoms with E-state index in [4.69, 9.17) is 4.74 Å². The third kappa shape index (κ3) is 4.40. The molecule has 0 aromatic heterocycles. The molecule has 7 heteroatoms. The van der Waals surface area contributed by atoms with E-state index in [1.54, 1.807) is 24.3 Å². The number of urea groups is 1. The summed E-state index contributed by atoms with van der Waals surface area (Å²) in [5, 5.41) is 14.8. The summed E-state index contributed by atoms with van der Waals surface area (Å²) >= 11 is 0. The van der Waals surface area contributed by atoms with E-state index in [1.165, 1.54) is 7.11 Å². The molecule has 2 aromatic rings. The Labute approximate surface area is 131 Å². The first kappa shape index (κ1) is 16.7. The highest BCUT2D eigenvalue weighted by Crippen LogP contribution is 2.23. The van der Waals surface area contributed by atoms with Gasteiger partial charge in [-0.2, -0.15) is 0 Å². The van der Waals surface area contributed by atoms with Gasteiger partial charge in [0.05, 0.1) is 18.9 Å². The second kappa shape index (κ2) is 7.55. The van der Waals surface area contributed by atoms with E-state index in [0.717, 1.165) is 12.1 Å². The molecule has 3 N–H and O–H groups in total. The van der Waals surface area contributed by atoms with Crippen LogP contribution in [0.1, 0.15) is 11.7 Å². The molecule has 2 aromatic carbocycles. The highest BCUT2D eigenvalue weighted by Gasteiger charge is 2.15. The number of carbonyl (C=O) groups is 1. The van der Waals surface area contributed by atoms with E-state index in [-0.39, 0.29) is 12.1 Å². The number of ether oxygens (including phenoxy) is 1. The van der Waals surface area contributed by atoms with Crippen LogP contribution in [0.2, 0.25) is 0 Å². The number of para-hydroxylation sites is 2. The van der Waals surface area contributed by atoms with Crippen molar-refractivity contribution in [1.82, 2.24) is 5.32 Å². The Morgan fingerprint density at radius 3 is 2.70 bits per heavy atom. The van der Waals surface area contributed by atoms with Gasteiger partial charge in [0.2, 0.25) is 0 Å². The number of amides is 2. The van der Waals surface area contributed by atoms with Crippen LogP contribution in [-0.2, 0) is 0 Å². The summed E-state index contributed by atoms with van der Waals surface area (Å²) in [5.74, 6) is -1.13. The van der Waals surface area contributed by atoms with Crippen LogP contribution in [0.3, 0.4) is 0 Å². The second-order valence-electron chi connectivity index (χ2n) is 4.72. The lowest BCUT2D eigenvalue weighted by molar-refractivity contribution is 0.170. The Bertz CT molecular complexity index is 695. The summed E-state index contributed by atoms with van der Waals surface area (Å²) in [4.78, 5) is 11.8. The first-order valence-corrected chi connectivity index (χ1v) is 6.82. The Hall–Kier alpha value is -2.67. The number of aliphatic hydroxyl groups is 1. The first-order valence-electron chi connectivity index (χ1n) is 6.82. The number of benzene rings is 2. The molecule has 0 spiro atoms. The lowest BCUT2D eigenvalue weighted by Gasteiger charge is -2.14. The number of rotatable bonds is 5. The largest absolute Gasteiger partial charge is 0.495 e. The summed E-state index contributed by atoms with van der Waals surface area (Å²) < 4.78 is 31.4. The van der Waals surface area contributed by atoms with Gasteiger partial charge in [0.1, 0.15) is 17.4 Å². The summed E-state index contributed by atoms with van der Waals surface area (Å²) in [6.45, 7) is -0.233. The van der Waals surface area contributed by atoms with Crippen LogP contribution in [0.15, 0.2) is 42.5 Å². The number of aliphatic hydroxyl groups excluding tert-OH is 1. The fraction of sp³-hybridized carbons (Fsp3) is 0.188. The maximum atomic E-state index is 13.5. The molecule has 0 unspecified atom stereocenters. The molecule has 2 amide bonds. The zero-order valence-electron chi connectivity index (χ0n) is 12.3. The highest BCUT2D eigenvalue weighted by molar-refractivity contribution is 5.90. The third-order valence-corrected chi connectivity index (χ3v) is 3.13. The number of hydrogen-bond acceptors (Lipinski definition) is 3. The van der Waals surface area contributed by atoms with Gasteiger partial charge in [0, 0.05) is 18.2 Å². The molecule has 0 aliphatic heterocycles. The maximum Gasteiger partial charge on any atom is 0.319 e. The predicted octanol–water partition coefficient (Wildman–Crippen LogP) is 2.83. The fourth-order valence-corrected chi connectivity index (χ4v) is 1.99. The lowest BCUT2D eigenvalue weighted by Crippen LogP contribution is -2.32. The smallest absolute Gasteiger partial charge is 0.319 e. The topological polar surface area (TPSA) is 70.6 Å². The first-order chi connectivity index (χ1) is 11.0. The van der Waals surface area contributed by atoms with Gasteiger partial charge in [-0.25, -0.2) is 13.6 Å². The van der Waals surface area contributed by atoms with Gasteiger partial charge >= 0.3 is 6.03 Å². The molecule has 23 heavy (non-hydrogen) atoms. The summed E-state index contributed by atoms with van der Waals surface area (Å²) in [5.41, 5.74) is 0.360. The summed E-state index contributed by atoms with van der Waals surface area (Å²) in [6.07, 6.45) is -1.29. The minimum absolute atomic E-state index is 0.0935. The fourth-order valence-electron chi connectivity index (χ4n) is 1.99. The van der Waals surface area contributed by atoms with Crippen LogP contribution in [0.5, 0.6) is 5.75 Å².